The van der Waals surface area contributed by atoms with E-state index in [1.165, 1.54) is 38.6 Å². The third kappa shape index (κ3) is 3.46. The van der Waals surface area contributed by atoms with E-state index in [0.29, 0.717) is 0 Å². The molecule has 2 atom stereocenters. The van der Waals surface area contributed by atoms with Gasteiger partial charge in [0.25, 0.3) is 0 Å². The van der Waals surface area contributed by atoms with Gasteiger partial charge >= 0.3 is 0 Å². The zero-order valence-electron chi connectivity index (χ0n) is 10.7. The zero-order valence-corrected chi connectivity index (χ0v) is 10.7. The highest BCUT2D eigenvalue weighted by Crippen LogP contribution is 2.29. The molecule has 0 bridgehead atoms. The third-order valence-electron chi connectivity index (χ3n) is 4.19. The second-order valence-corrected chi connectivity index (χ2v) is 5.12. The fraction of sp³-hybridized carbons (Fsp3) is 1.00. The van der Waals surface area contributed by atoms with Crippen LogP contribution in [0.1, 0.15) is 46.0 Å². The van der Waals surface area contributed by atoms with Crippen LogP contribution in [0, 0.1) is 11.8 Å². The van der Waals surface area contributed by atoms with Crippen LogP contribution in [-0.2, 0) is 0 Å². The van der Waals surface area contributed by atoms with Crippen molar-refractivity contribution in [2.24, 2.45) is 17.6 Å². The van der Waals surface area contributed by atoms with Crippen LogP contribution in [0.2, 0.25) is 0 Å². The molecule has 2 heteroatoms. The van der Waals surface area contributed by atoms with Gasteiger partial charge in [-0.05, 0) is 38.3 Å². The second kappa shape index (κ2) is 6.49. The Morgan fingerprint density at radius 3 is 2.47 bits per heavy atom. The van der Waals surface area contributed by atoms with E-state index in [0.717, 1.165) is 24.4 Å². The van der Waals surface area contributed by atoms with Gasteiger partial charge in [0.05, 0.1) is 0 Å². The first-order valence-corrected chi connectivity index (χ1v) is 6.63. The molecule has 2 N–H and O–H groups in total. The Morgan fingerprint density at radius 2 is 1.93 bits per heavy atom. The standard InChI is InChI=1S/C13H28N2/c1-4-11(5-2)10-15(3)13-8-6-7-12(13)9-14/h11-13H,4-10,14H2,1-3H3. The van der Waals surface area contributed by atoms with Crippen LogP contribution in [0.5, 0.6) is 0 Å². The van der Waals surface area contributed by atoms with Crippen molar-refractivity contribution in [3.8, 4) is 0 Å². The lowest BCUT2D eigenvalue weighted by Gasteiger charge is -2.31. The summed E-state index contributed by atoms with van der Waals surface area (Å²) in [7, 11) is 2.29. The quantitative estimate of drug-likeness (QED) is 0.733. The smallest absolute Gasteiger partial charge is 0.0133 e. The number of hydrogen-bond acceptors (Lipinski definition) is 2. The van der Waals surface area contributed by atoms with Crippen LogP contribution in [0.25, 0.3) is 0 Å². The summed E-state index contributed by atoms with van der Waals surface area (Å²) >= 11 is 0. The maximum absolute atomic E-state index is 5.83. The van der Waals surface area contributed by atoms with E-state index in [1.807, 2.05) is 0 Å². The van der Waals surface area contributed by atoms with Crippen molar-refractivity contribution < 1.29 is 0 Å². The van der Waals surface area contributed by atoms with Gasteiger partial charge in [-0.2, -0.15) is 0 Å². The molecule has 1 rings (SSSR count). The second-order valence-electron chi connectivity index (χ2n) is 5.12. The van der Waals surface area contributed by atoms with Gasteiger partial charge in [0.1, 0.15) is 0 Å². The van der Waals surface area contributed by atoms with E-state index in [-0.39, 0.29) is 0 Å². The van der Waals surface area contributed by atoms with Crippen LogP contribution < -0.4 is 5.73 Å². The molecule has 0 amide bonds. The largest absolute Gasteiger partial charge is 0.330 e. The van der Waals surface area contributed by atoms with Gasteiger partial charge in [0.15, 0.2) is 0 Å². The first-order chi connectivity index (χ1) is 7.22. The van der Waals surface area contributed by atoms with Crippen molar-refractivity contribution in [3.63, 3.8) is 0 Å². The molecule has 1 fully saturated rings. The molecule has 15 heavy (non-hydrogen) atoms. The number of nitrogens with zero attached hydrogens (tertiary/aromatic N) is 1. The summed E-state index contributed by atoms with van der Waals surface area (Å²) in [6.45, 7) is 6.74. The van der Waals surface area contributed by atoms with Crippen molar-refractivity contribution in [2.45, 2.75) is 52.0 Å². The lowest BCUT2D eigenvalue weighted by atomic mass is 9.98. The molecule has 2 nitrogen and oxygen atoms in total. The van der Waals surface area contributed by atoms with Gasteiger partial charge in [-0.3, -0.25) is 0 Å². The molecule has 0 aliphatic heterocycles. The summed E-state index contributed by atoms with van der Waals surface area (Å²) < 4.78 is 0. The third-order valence-corrected chi connectivity index (χ3v) is 4.19. The van der Waals surface area contributed by atoms with E-state index in [2.05, 4.69) is 25.8 Å². The van der Waals surface area contributed by atoms with E-state index in [9.17, 15) is 0 Å². The van der Waals surface area contributed by atoms with E-state index >= 15 is 0 Å². The van der Waals surface area contributed by atoms with Gasteiger partial charge < -0.3 is 10.6 Å². The van der Waals surface area contributed by atoms with Gasteiger partial charge in [-0.15, -0.1) is 0 Å². The first-order valence-electron chi connectivity index (χ1n) is 6.63. The Bertz CT molecular complexity index is 166. The fourth-order valence-corrected chi connectivity index (χ4v) is 2.96. The highest BCUT2D eigenvalue weighted by Gasteiger charge is 2.29. The van der Waals surface area contributed by atoms with E-state index < -0.39 is 0 Å². The van der Waals surface area contributed by atoms with Crippen LogP contribution >= 0.6 is 0 Å². The monoisotopic (exact) mass is 212 g/mol. The van der Waals surface area contributed by atoms with Crippen molar-refractivity contribution >= 4 is 0 Å². The molecule has 1 saturated carbocycles. The minimum absolute atomic E-state index is 0.754. The summed E-state index contributed by atoms with van der Waals surface area (Å²) in [5.41, 5.74) is 5.83. The van der Waals surface area contributed by atoms with Gasteiger partial charge in [-0.25, -0.2) is 0 Å². The Hall–Kier alpha value is -0.0800. The summed E-state index contributed by atoms with van der Waals surface area (Å²) in [4.78, 5) is 2.57. The highest BCUT2D eigenvalue weighted by atomic mass is 15.1. The molecule has 0 saturated heterocycles. The average molecular weight is 212 g/mol. The molecule has 0 aromatic carbocycles. The van der Waals surface area contributed by atoms with Crippen LogP contribution in [0.15, 0.2) is 0 Å². The minimum Gasteiger partial charge on any atom is -0.330 e. The lowest BCUT2D eigenvalue weighted by molar-refractivity contribution is 0.168. The number of hydrogen-bond donors (Lipinski definition) is 1. The first kappa shape index (κ1) is 13.0. The Balaban J connectivity index is 2.41. The molecule has 0 heterocycles. The number of nitrogens with two attached hydrogens (primary N) is 1. The maximum atomic E-state index is 5.83. The molecule has 0 aromatic rings. The van der Waals surface area contributed by atoms with Crippen molar-refractivity contribution in [2.75, 3.05) is 20.1 Å². The molecule has 0 radical (unpaired) electrons. The summed E-state index contributed by atoms with van der Waals surface area (Å²) in [5.74, 6) is 1.62. The zero-order chi connectivity index (χ0) is 11.3. The average Bonchev–Trinajstić information content (AvgIpc) is 2.73. The van der Waals surface area contributed by atoms with Crippen molar-refractivity contribution in [3.05, 3.63) is 0 Å². The molecular formula is C13H28N2. The van der Waals surface area contributed by atoms with Crippen LogP contribution in [0.3, 0.4) is 0 Å². The molecule has 90 valence electrons. The molecule has 2 unspecified atom stereocenters. The summed E-state index contributed by atoms with van der Waals surface area (Å²) in [5, 5.41) is 0. The van der Waals surface area contributed by atoms with Gasteiger partial charge in [0, 0.05) is 12.6 Å². The predicted molar refractivity (Wildman–Crippen MR) is 66.9 cm³/mol. The fourth-order valence-electron chi connectivity index (χ4n) is 2.96. The minimum atomic E-state index is 0.754. The normalized spacial score (nSPS) is 26.8. The summed E-state index contributed by atoms with van der Waals surface area (Å²) in [6.07, 6.45) is 6.69. The maximum Gasteiger partial charge on any atom is 0.0133 e. The van der Waals surface area contributed by atoms with Crippen molar-refractivity contribution in [1.29, 1.82) is 0 Å². The molecular weight excluding hydrogens is 184 g/mol. The SMILES string of the molecule is CCC(CC)CN(C)C1CCCC1CN. The molecule has 0 spiro atoms. The molecule has 1 aliphatic carbocycles. The molecule has 1 aliphatic rings. The Morgan fingerprint density at radius 1 is 1.27 bits per heavy atom. The lowest BCUT2D eigenvalue weighted by Crippen LogP contribution is -2.40. The van der Waals surface area contributed by atoms with Crippen LogP contribution in [0.4, 0.5) is 0 Å². The van der Waals surface area contributed by atoms with Crippen molar-refractivity contribution in [1.82, 2.24) is 4.90 Å². The Kier molecular flexibility index (Phi) is 5.62. The topological polar surface area (TPSA) is 29.3 Å². The molecule has 0 aromatic heterocycles. The van der Waals surface area contributed by atoms with Gasteiger partial charge in [0.2, 0.25) is 0 Å². The predicted octanol–water partition coefficient (Wildman–Crippen LogP) is 2.48. The number of rotatable bonds is 6. The van der Waals surface area contributed by atoms with Gasteiger partial charge in [-0.1, -0.05) is 33.1 Å². The van der Waals surface area contributed by atoms with Crippen LogP contribution in [-0.4, -0.2) is 31.1 Å². The van der Waals surface area contributed by atoms with E-state index in [1.54, 1.807) is 0 Å². The summed E-state index contributed by atoms with van der Waals surface area (Å²) in [6, 6.07) is 0.760. The Labute approximate surface area is 95.2 Å². The van der Waals surface area contributed by atoms with E-state index in [4.69, 9.17) is 5.73 Å². The highest BCUT2D eigenvalue weighted by molar-refractivity contribution is 4.85.